The minimum atomic E-state index is 0.449. The van der Waals surface area contributed by atoms with Gasteiger partial charge in [-0.05, 0) is 56.5 Å². The zero-order valence-electron chi connectivity index (χ0n) is 13.8. The minimum absolute atomic E-state index is 0.449. The van der Waals surface area contributed by atoms with E-state index >= 15 is 0 Å². The van der Waals surface area contributed by atoms with Gasteiger partial charge < -0.3 is 10.1 Å². The molecule has 2 rings (SSSR count). The van der Waals surface area contributed by atoms with Crippen molar-refractivity contribution in [3.8, 4) is 0 Å². The lowest BCUT2D eigenvalue weighted by atomic mass is 9.79. The Hall–Kier alpha value is -0.120. The maximum absolute atomic E-state index is 5.62. The fourth-order valence-electron chi connectivity index (χ4n) is 3.96. The Balaban J connectivity index is 1.95. The molecule has 3 nitrogen and oxygen atoms in total. The number of nitrogens with one attached hydrogen (secondary N) is 1. The van der Waals surface area contributed by atoms with Gasteiger partial charge in [-0.1, -0.05) is 20.8 Å². The minimum Gasteiger partial charge on any atom is -0.381 e. The van der Waals surface area contributed by atoms with Gasteiger partial charge in [0.25, 0.3) is 0 Å². The number of nitrogens with zero attached hydrogens (tertiary/aromatic N) is 1. The molecule has 118 valence electrons. The third kappa shape index (κ3) is 4.19. The van der Waals surface area contributed by atoms with Crippen molar-refractivity contribution in [2.24, 2.45) is 11.3 Å². The summed E-state index contributed by atoms with van der Waals surface area (Å²) in [6, 6.07) is 0.806. The molecule has 0 bridgehead atoms. The lowest BCUT2D eigenvalue weighted by Gasteiger charge is -2.42. The molecular formula is C17H34N2O. The van der Waals surface area contributed by atoms with Crippen LogP contribution in [0.5, 0.6) is 0 Å². The summed E-state index contributed by atoms with van der Waals surface area (Å²) >= 11 is 0. The number of likely N-dealkylation sites (tertiary alicyclic amines) is 1. The SMILES string of the molecule is CCCNCC1(CN2CCCC2C(C)C)CCOCC1. The summed E-state index contributed by atoms with van der Waals surface area (Å²) in [5, 5.41) is 3.68. The van der Waals surface area contributed by atoms with Crippen molar-refractivity contribution in [2.45, 2.75) is 58.9 Å². The Morgan fingerprint density at radius 3 is 2.70 bits per heavy atom. The third-order valence-electron chi connectivity index (χ3n) is 5.20. The fraction of sp³-hybridized carbons (Fsp3) is 1.00. The van der Waals surface area contributed by atoms with Crippen molar-refractivity contribution in [2.75, 3.05) is 39.4 Å². The van der Waals surface area contributed by atoms with E-state index < -0.39 is 0 Å². The topological polar surface area (TPSA) is 24.5 Å². The summed E-state index contributed by atoms with van der Waals surface area (Å²) in [6.07, 6.45) is 6.46. The second kappa shape index (κ2) is 7.77. The highest BCUT2D eigenvalue weighted by molar-refractivity contribution is 4.91. The zero-order chi connectivity index (χ0) is 14.4. The van der Waals surface area contributed by atoms with Crippen LogP contribution in [-0.2, 0) is 4.74 Å². The molecule has 3 heteroatoms. The molecule has 0 radical (unpaired) electrons. The summed E-state index contributed by atoms with van der Waals surface area (Å²) in [4.78, 5) is 2.78. The molecular weight excluding hydrogens is 248 g/mol. The van der Waals surface area contributed by atoms with Gasteiger partial charge in [0.1, 0.15) is 0 Å². The van der Waals surface area contributed by atoms with Crippen LogP contribution >= 0.6 is 0 Å². The molecule has 0 amide bonds. The number of hydrogen-bond acceptors (Lipinski definition) is 3. The fourth-order valence-corrected chi connectivity index (χ4v) is 3.96. The van der Waals surface area contributed by atoms with Crippen LogP contribution in [0.2, 0.25) is 0 Å². The van der Waals surface area contributed by atoms with Gasteiger partial charge in [-0.25, -0.2) is 0 Å². The van der Waals surface area contributed by atoms with E-state index in [-0.39, 0.29) is 0 Å². The van der Waals surface area contributed by atoms with Crippen molar-refractivity contribution in [1.29, 1.82) is 0 Å². The average Bonchev–Trinajstić information content (AvgIpc) is 2.88. The molecule has 1 atom stereocenters. The monoisotopic (exact) mass is 282 g/mol. The van der Waals surface area contributed by atoms with E-state index in [0.717, 1.165) is 31.7 Å². The van der Waals surface area contributed by atoms with Crippen LogP contribution < -0.4 is 5.32 Å². The summed E-state index contributed by atoms with van der Waals surface area (Å²) in [6.45, 7) is 13.8. The molecule has 1 N–H and O–H groups in total. The molecule has 0 aromatic heterocycles. The quantitative estimate of drug-likeness (QED) is 0.727. The van der Waals surface area contributed by atoms with Gasteiger partial charge in [-0.2, -0.15) is 0 Å². The first-order valence-electron chi connectivity index (χ1n) is 8.69. The van der Waals surface area contributed by atoms with Crippen LogP contribution in [0.4, 0.5) is 0 Å². The molecule has 0 saturated carbocycles. The van der Waals surface area contributed by atoms with Gasteiger partial charge in [0.05, 0.1) is 0 Å². The molecule has 1 unspecified atom stereocenters. The van der Waals surface area contributed by atoms with E-state index in [0.29, 0.717) is 5.41 Å². The summed E-state index contributed by atoms with van der Waals surface area (Å²) in [7, 11) is 0. The second-order valence-corrected chi connectivity index (χ2v) is 7.21. The highest BCUT2D eigenvalue weighted by Crippen LogP contribution is 2.34. The molecule has 2 heterocycles. The number of ether oxygens (including phenoxy) is 1. The lowest BCUT2D eigenvalue weighted by Crippen LogP contribution is -2.49. The van der Waals surface area contributed by atoms with Gasteiger partial charge >= 0.3 is 0 Å². The van der Waals surface area contributed by atoms with Gasteiger partial charge in [0.2, 0.25) is 0 Å². The van der Waals surface area contributed by atoms with Crippen molar-refractivity contribution in [3.63, 3.8) is 0 Å². The summed E-state index contributed by atoms with van der Waals surface area (Å²) in [5.41, 5.74) is 0.449. The van der Waals surface area contributed by atoms with Gasteiger partial charge in [-0.15, -0.1) is 0 Å². The van der Waals surface area contributed by atoms with Crippen LogP contribution in [0.1, 0.15) is 52.9 Å². The van der Waals surface area contributed by atoms with E-state index in [9.17, 15) is 0 Å². The van der Waals surface area contributed by atoms with Crippen LogP contribution in [0.25, 0.3) is 0 Å². The van der Waals surface area contributed by atoms with Gasteiger partial charge in [0, 0.05) is 32.3 Å². The average molecular weight is 282 g/mol. The number of rotatable bonds is 7. The Morgan fingerprint density at radius 2 is 2.05 bits per heavy atom. The van der Waals surface area contributed by atoms with Crippen LogP contribution in [0.3, 0.4) is 0 Å². The maximum atomic E-state index is 5.62. The van der Waals surface area contributed by atoms with E-state index in [1.54, 1.807) is 0 Å². The van der Waals surface area contributed by atoms with E-state index in [1.807, 2.05) is 0 Å². The van der Waals surface area contributed by atoms with E-state index in [2.05, 4.69) is 31.0 Å². The maximum Gasteiger partial charge on any atom is 0.0472 e. The zero-order valence-corrected chi connectivity index (χ0v) is 13.8. The summed E-state index contributed by atoms with van der Waals surface area (Å²) in [5.74, 6) is 0.790. The Bertz CT molecular complexity index is 274. The molecule has 2 aliphatic heterocycles. The van der Waals surface area contributed by atoms with Crippen LogP contribution in [0, 0.1) is 11.3 Å². The standard InChI is InChI=1S/C17H34N2O/c1-4-9-18-13-17(7-11-20-12-8-17)14-19-10-5-6-16(19)15(2)3/h15-16,18H,4-14H2,1-3H3. The Kier molecular flexibility index (Phi) is 6.31. The first-order valence-corrected chi connectivity index (χ1v) is 8.69. The van der Waals surface area contributed by atoms with E-state index in [1.165, 1.54) is 51.7 Å². The highest BCUT2D eigenvalue weighted by atomic mass is 16.5. The first kappa shape index (κ1) is 16.3. The second-order valence-electron chi connectivity index (χ2n) is 7.21. The summed E-state index contributed by atoms with van der Waals surface area (Å²) < 4.78 is 5.62. The predicted molar refractivity (Wildman–Crippen MR) is 85.1 cm³/mol. The van der Waals surface area contributed by atoms with Crippen molar-refractivity contribution in [1.82, 2.24) is 10.2 Å². The molecule has 0 spiro atoms. The molecule has 0 aromatic rings. The van der Waals surface area contributed by atoms with Gasteiger partial charge in [0.15, 0.2) is 0 Å². The van der Waals surface area contributed by atoms with E-state index in [4.69, 9.17) is 4.74 Å². The van der Waals surface area contributed by atoms with Crippen LogP contribution in [0.15, 0.2) is 0 Å². The third-order valence-corrected chi connectivity index (χ3v) is 5.20. The molecule has 20 heavy (non-hydrogen) atoms. The normalized spacial score (nSPS) is 27.3. The smallest absolute Gasteiger partial charge is 0.0472 e. The largest absolute Gasteiger partial charge is 0.381 e. The lowest BCUT2D eigenvalue weighted by molar-refractivity contribution is -0.00918. The van der Waals surface area contributed by atoms with Crippen LogP contribution in [-0.4, -0.2) is 50.3 Å². The molecule has 0 aliphatic carbocycles. The van der Waals surface area contributed by atoms with Crippen molar-refractivity contribution in [3.05, 3.63) is 0 Å². The molecule has 2 saturated heterocycles. The molecule has 2 aliphatic rings. The molecule has 0 aromatic carbocycles. The first-order chi connectivity index (χ1) is 9.67. The Morgan fingerprint density at radius 1 is 1.30 bits per heavy atom. The molecule has 2 fully saturated rings. The highest BCUT2D eigenvalue weighted by Gasteiger charge is 2.38. The van der Waals surface area contributed by atoms with Crippen molar-refractivity contribution >= 4 is 0 Å². The number of hydrogen-bond donors (Lipinski definition) is 1. The predicted octanol–water partition coefficient (Wildman–Crippen LogP) is 2.90. The van der Waals surface area contributed by atoms with Gasteiger partial charge in [-0.3, -0.25) is 4.90 Å². The van der Waals surface area contributed by atoms with Crippen molar-refractivity contribution < 1.29 is 4.74 Å². The Labute approximate surface area is 125 Å².